The van der Waals surface area contributed by atoms with Crippen molar-refractivity contribution in [2.24, 2.45) is 0 Å². The van der Waals surface area contributed by atoms with Gasteiger partial charge in [0.25, 0.3) is 0 Å². The van der Waals surface area contributed by atoms with Crippen LogP contribution in [0.4, 0.5) is 29.2 Å². The summed E-state index contributed by atoms with van der Waals surface area (Å²) in [6, 6.07) is 3.57. The van der Waals surface area contributed by atoms with Crippen LogP contribution in [-0.2, 0) is 10.9 Å². The number of esters is 1. The van der Waals surface area contributed by atoms with Crippen molar-refractivity contribution in [1.29, 1.82) is 0 Å². The maximum Gasteiger partial charge on any atom is 0.417 e. The van der Waals surface area contributed by atoms with E-state index in [0.29, 0.717) is 43.1 Å². The van der Waals surface area contributed by atoms with Gasteiger partial charge in [-0.3, -0.25) is 0 Å². The molecule has 12 heteroatoms. The number of aromatic nitrogens is 4. The van der Waals surface area contributed by atoms with E-state index in [4.69, 9.17) is 4.74 Å². The van der Waals surface area contributed by atoms with E-state index in [-0.39, 0.29) is 18.5 Å². The van der Waals surface area contributed by atoms with Gasteiger partial charge in [-0.25, -0.2) is 14.8 Å². The summed E-state index contributed by atoms with van der Waals surface area (Å²) in [7, 11) is 0. The van der Waals surface area contributed by atoms with Crippen LogP contribution in [-0.4, -0.2) is 58.4 Å². The summed E-state index contributed by atoms with van der Waals surface area (Å²) in [4.78, 5) is 24.0. The number of ether oxygens (including phenoxy) is 1. The maximum atomic E-state index is 13.9. The normalized spacial score (nSPS) is 15.9. The molecule has 4 heterocycles. The number of carbonyl (C=O) groups is 1. The lowest BCUT2D eigenvalue weighted by Crippen LogP contribution is -2.53. The number of pyridine rings is 2. The Morgan fingerprint density at radius 3 is 2.51 bits per heavy atom. The van der Waals surface area contributed by atoms with E-state index in [0.717, 1.165) is 29.8 Å². The number of hydrogen-bond donors (Lipinski definition) is 0. The molecule has 0 aliphatic carbocycles. The van der Waals surface area contributed by atoms with Gasteiger partial charge in [0.1, 0.15) is 5.82 Å². The number of hydrogen-bond acceptors (Lipinski definition) is 8. The van der Waals surface area contributed by atoms with Crippen molar-refractivity contribution in [3.8, 4) is 11.3 Å². The zero-order valence-electron chi connectivity index (χ0n) is 22.2. The maximum absolute atomic E-state index is 13.9. The van der Waals surface area contributed by atoms with Crippen molar-refractivity contribution in [2.45, 2.75) is 52.8 Å². The summed E-state index contributed by atoms with van der Waals surface area (Å²) in [5.41, 5.74) is 1.37. The topological polar surface area (TPSA) is 84.3 Å². The molecule has 4 rings (SSSR count). The standard InChI is InChI=1S/C27H30F4N6O2/c1-5-6-11-39-26(38)20-14-33-23(12-21(20)27(29,30)31)37-10-9-36(15-16(37)2)25-18(4)17(3)24(34-35-25)19-7-8-22(28)32-13-19/h7-8,12-14,16H,5-6,9-11,15H2,1-4H3/t16-/m1/s1. The molecular formula is C27H30F4N6O2. The van der Waals surface area contributed by atoms with E-state index in [1.807, 2.05) is 32.6 Å². The Morgan fingerprint density at radius 1 is 1.10 bits per heavy atom. The zero-order valence-corrected chi connectivity index (χ0v) is 22.2. The highest BCUT2D eigenvalue weighted by molar-refractivity contribution is 5.91. The van der Waals surface area contributed by atoms with Crippen molar-refractivity contribution in [3.63, 3.8) is 0 Å². The Labute approximate surface area is 224 Å². The summed E-state index contributed by atoms with van der Waals surface area (Å²) < 4.78 is 59.9. The van der Waals surface area contributed by atoms with E-state index in [1.165, 1.54) is 12.3 Å². The number of carbonyl (C=O) groups excluding carboxylic acids is 1. The van der Waals surface area contributed by atoms with Crippen LogP contribution in [0.2, 0.25) is 0 Å². The molecule has 1 aliphatic rings. The van der Waals surface area contributed by atoms with Gasteiger partial charge in [0, 0.05) is 43.6 Å². The highest BCUT2D eigenvalue weighted by Crippen LogP contribution is 2.35. The fourth-order valence-corrected chi connectivity index (χ4v) is 4.56. The molecule has 208 valence electrons. The molecule has 1 fully saturated rings. The van der Waals surface area contributed by atoms with E-state index >= 15 is 0 Å². The van der Waals surface area contributed by atoms with Crippen LogP contribution in [0.5, 0.6) is 0 Å². The molecule has 0 spiro atoms. The lowest BCUT2D eigenvalue weighted by atomic mass is 10.0. The first-order valence-electron chi connectivity index (χ1n) is 12.7. The fourth-order valence-electron chi connectivity index (χ4n) is 4.56. The predicted molar refractivity (Wildman–Crippen MR) is 138 cm³/mol. The van der Waals surface area contributed by atoms with Gasteiger partial charge in [0.2, 0.25) is 5.95 Å². The summed E-state index contributed by atoms with van der Waals surface area (Å²) in [6.45, 7) is 8.99. The highest BCUT2D eigenvalue weighted by atomic mass is 19.4. The molecule has 0 amide bonds. The molecule has 0 bridgehead atoms. The van der Waals surface area contributed by atoms with Crippen molar-refractivity contribution in [2.75, 3.05) is 36.0 Å². The molecule has 0 saturated carbocycles. The number of piperazine rings is 1. The van der Waals surface area contributed by atoms with E-state index < -0.39 is 29.2 Å². The molecule has 39 heavy (non-hydrogen) atoms. The molecule has 3 aromatic rings. The molecule has 3 aromatic heterocycles. The summed E-state index contributed by atoms with van der Waals surface area (Å²) in [5.74, 6) is -0.801. The van der Waals surface area contributed by atoms with Crippen LogP contribution >= 0.6 is 0 Å². The van der Waals surface area contributed by atoms with E-state index in [9.17, 15) is 22.4 Å². The number of anilines is 2. The number of unbranched alkanes of at least 4 members (excludes halogenated alkanes) is 1. The quantitative estimate of drug-likeness (QED) is 0.169. The first-order chi connectivity index (χ1) is 18.5. The Balaban J connectivity index is 1.54. The summed E-state index contributed by atoms with van der Waals surface area (Å²) >= 11 is 0. The van der Waals surface area contributed by atoms with Crippen molar-refractivity contribution in [1.82, 2.24) is 20.2 Å². The molecule has 1 saturated heterocycles. The minimum Gasteiger partial charge on any atom is -0.462 e. The van der Waals surface area contributed by atoms with Crippen LogP contribution < -0.4 is 9.80 Å². The zero-order chi connectivity index (χ0) is 28.3. The minimum atomic E-state index is -4.74. The first-order valence-corrected chi connectivity index (χ1v) is 12.7. The molecule has 8 nitrogen and oxygen atoms in total. The van der Waals surface area contributed by atoms with Crippen molar-refractivity contribution < 1.29 is 27.1 Å². The molecule has 0 radical (unpaired) electrons. The number of alkyl halides is 3. The number of rotatable bonds is 7. The van der Waals surface area contributed by atoms with Crippen LogP contribution in [0.3, 0.4) is 0 Å². The minimum absolute atomic E-state index is 0.0525. The molecular weight excluding hydrogens is 516 g/mol. The lowest BCUT2D eigenvalue weighted by Gasteiger charge is -2.41. The van der Waals surface area contributed by atoms with Gasteiger partial charge in [-0.05, 0) is 56.5 Å². The van der Waals surface area contributed by atoms with E-state index in [1.54, 1.807) is 11.0 Å². The number of nitrogens with zero attached hydrogens (tertiary/aromatic N) is 6. The van der Waals surface area contributed by atoms with Crippen molar-refractivity contribution >= 4 is 17.6 Å². The fraction of sp³-hybridized carbons (Fsp3) is 0.444. The second-order valence-corrected chi connectivity index (χ2v) is 9.56. The Bertz CT molecular complexity index is 1330. The SMILES string of the molecule is CCCCOC(=O)c1cnc(N2CCN(c3nnc(-c4ccc(F)nc4)c(C)c3C)C[C@H]2C)cc1C(F)(F)F. The lowest BCUT2D eigenvalue weighted by molar-refractivity contribution is -0.138. The first kappa shape index (κ1) is 28.2. The van der Waals surface area contributed by atoms with Gasteiger partial charge in [-0.15, -0.1) is 10.2 Å². The third kappa shape index (κ3) is 6.10. The average Bonchev–Trinajstić information content (AvgIpc) is 2.90. The second kappa shape index (κ2) is 11.5. The summed E-state index contributed by atoms with van der Waals surface area (Å²) in [5, 5.41) is 8.78. The third-order valence-electron chi connectivity index (χ3n) is 6.87. The smallest absolute Gasteiger partial charge is 0.417 e. The predicted octanol–water partition coefficient (Wildman–Crippen LogP) is 5.38. The molecule has 1 aliphatic heterocycles. The molecule has 0 N–H and O–H groups in total. The second-order valence-electron chi connectivity index (χ2n) is 9.56. The monoisotopic (exact) mass is 546 g/mol. The van der Waals surface area contributed by atoms with Gasteiger partial charge < -0.3 is 14.5 Å². The average molecular weight is 547 g/mol. The molecule has 1 atom stereocenters. The Morgan fingerprint density at radius 2 is 1.87 bits per heavy atom. The highest BCUT2D eigenvalue weighted by Gasteiger charge is 2.38. The van der Waals surface area contributed by atoms with E-state index in [2.05, 4.69) is 20.2 Å². The van der Waals surface area contributed by atoms with Crippen molar-refractivity contribution in [3.05, 3.63) is 58.8 Å². The summed E-state index contributed by atoms with van der Waals surface area (Å²) in [6.07, 6.45) is -1.07. The van der Waals surface area contributed by atoms with Gasteiger partial charge in [0.05, 0.1) is 23.4 Å². The molecule has 0 unspecified atom stereocenters. The Hall–Kier alpha value is -3.83. The van der Waals surface area contributed by atoms with Gasteiger partial charge in [0.15, 0.2) is 5.82 Å². The van der Waals surface area contributed by atoms with Crippen LogP contribution in [0.25, 0.3) is 11.3 Å². The number of halogens is 4. The van der Waals surface area contributed by atoms with Gasteiger partial charge >= 0.3 is 12.1 Å². The van der Waals surface area contributed by atoms with Crippen LogP contribution in [0, 0.1) is 19.8 Å². The van der Waals surface area contributed by atoms with Gasteiger partial charge in [-0.1, -0.05) is 13.3 Å². The Kier molecular flexibility index (Phi) is 8.31. The largest absolute Gasteiger partial charge is 0.462 e. The van der Waals surface area contributed by atoms with Crippen LogP contribution in [0.15, 0.2) is 30.6 Å². The molecule has 0 aromatic carbocycles. The third-order valence-corrected chi connectivity index (χ3v) is 6.87. The van der Waals surface area contributed by atoms with Crippen LogP contribution in [0.1, 0.15) is 53.7 Å². The van der Waals surface area contributed by atoms with Gasteiger partial charge in [-0.2, -0.15) is 17.6 Å².